The van der Waals surface area contributed by atoms with E-state index in [1.165, 1.54) is 21.7 Å². The first-order valence-corrected chi connectivity index (χ1v) is 15.7. The summed E-state index contributed by atoms with van der Waals surface area (Å²) in [5, 5.41) is 0.555. The lowest BCUT2D eigenvalue weighted by atomic mass is 9.91. The molecule has 6 atom stereocenters. The van der Waals surface area contributed by atoms with Crippen molar-refractivity contribution in [3.05, 3.63) is 96.3 Å². The minimum Gasteiger partial charge on any atom is -0.376 e. The highest BCUT2D eigenvalue weighted by Gasteiger charge is 2.52. The molecule has 3 nitrogen and oxygen atoms in total. The summed E-state index contributed by atoms with van der Waals surface area (Å²) in [5.74, 6) is 0.716. The van der Waals surface area contributed by atoms with Crippen LogP contribution in [0.1, 0.15) is 54.5 Å². The van der Waals surface area contributed by atoms with Crippen molar-refractivity contribution >= 4 is 23.1 Å². The number of thioether (sulfide) groups is 1. The predicted octanol–water partition coefficient (Wildman–Crippen LogP) is 8.68. The van der Waals surface area contributed by atoms with Gasteiger partial charge in [0.1, 0.15) is 6.10 Å². The summed E-state index contributed by atoms with van der Waals surface area (Å²) in [6, 6.07) is 4.65. The van der Waals surface area contributed by atoms with Crippen molar-refractivity contribution in [2.45, 2.75) is 68.7 Å². The molecule has 1 aromatic heterocycles. The number of hydrogen-bond acceptors (Lipinski definition) is 5. The van der Waals surface area contributed by atoms with Gasteiger partial charge >= 0.3 is 0 Å². The minimum atomic E-state index is -0.0263. The van der Waals surface area contributed by atoms with Crippen LogP contribution >= 0.6 is 23.1 Å². The number of hydrogen-bond donors (Lipinski definition) is 0. The van der Waals surface area contributed by atoms with Gasteiger partial charge in [0.15, 0.2) is 0 Å². The molecule has 2 aliphatic carbocycles. The molecule has 1 saturated carbocycles. The van der Waals surface area contributed by atoms with E-state index in [2.05, 4.69) is 70.5 Å². The van der Waals surface area contributed by atoms with E-state index in [1.807, 2.05) is 41.3 Å². The van der Waals surface area contributed by atoms with E-state index >= 15 is 0 Å². The fraction of sp³-hybridized carbons (Fsp3) is 0.515. The summed E-state index contributed by atoms with van der Waals surface area (Å²) in [4.78, 5) is 2.83. The van der Waals surface area contributed by atoms with E-state index in [0.717, 1.165) is 25.7 Å². The van der Waals surface area contributed by atoms with Crippen LogP contribution in [0.25, 0.3) is 0 Å². The molecule has 1 aromatic rings. The van der Waals surface area contributed by atoms with Gasteiger partial charge in [0.05, 0.1) is 37.8 Å². The van der Waals surface area contributed by atoms with Crippen LogP contribution < -0.4 is 0 Å². The average Bonchev–Trinajstić information content (AvgIpc) is 3.46. The zero-order valence-electron chi connectivity index (χ0n) is 23.3. The van der Waals surface area contributed by atoms with Gasteiger partial charge in [0.25, 0.3) is 0 Å². The molecule has 0 N–H and O–H groups in total. The number of allylic oxidation sites excluding steroid dienone is 5. The number of fused-ring (bicyclic) bond motifs is 1. The first-order chi connectivity index (χ1) is 18.5. The third-order valence-corrected chi connectivity index (χ3v) is 10.1. The van der Waals surface area contributed by atoms with Gasteiger partial charge < -0.3 is 14.2 Å². The topological polar surface area (TPSA) is 27.7 Å². The van der Waals surface area contributed by atoms with Crippen LogP contribution in [0.5, 0.6) is 0 Å². The largest absolute Gasteiger partial charge is 0.376 e. The second-order valence-electron chi connectivity index (χ2n) is 10.1. The number of thiophene rings is 1. The maximum Gasteiger partial charge on any atom is 0.101 e. The Bertz CT molecular complexity index is 977. The summed E-state index contributed by atoms with van der Waals surface area (Å²) < 4.78 is 18.4. The molecule has 3 aliphatic rings. The molecule has 1 saturated heterocycles. The van der Waals surface area contributed by atoms with Gasteiger partial charge in [0, 0.05) is 20.4 Å². The normalized spacial score (nSPS) is 29.3. The van der Waals surface area contributed by atoms with Gasteiger partial charge in [-0.15, -0.1) is 49.4 Å². The van der Waals surface area contributed by atoms with E-state index in [9.17, 15) is 0 Å². The Morgan fingerprint density at radius 1 is 1.00 bits per heavy atom. The molecule has 3 unspecified atom stereocenters. The molecule has 2 heterocycles. The van der Waals surface area contributed by atoms with E-state index in [4.69, 9.17) is 14.2 Å². The van der Waals surface area contributed by atoms with Crippen molar-refractivity contribution in [3.8, 4) is 0 Å². The molecule has 0 bridgehead atoms. The fourth-order valence-corrected chi connectivity index (χ4v) is 8.08. The standard InChI is InChI=1S/C29H38O3S2.C4H8/c1-5-13-30-20-24-17-25(31-14-6-2)27(32-15-7-3)28(34-24)26-10-9-23(33-26)19-29-12-11-21(8-4)16-22(29)18-29;1-3-4-2/h5-7,9-12,16,22,24-25,27-28H,1-3,8,13-15,17-20H2,4H3;3H,1,4H2,2H3/t22?,24-,25-,27+,28?,29?;/m0./s1. The third-order valence-electron chi connectivity index (χ3n) is 7.26. The molecule has 0 spiro atoms. The lowest BCUT2D eigenvalue weighted by Gasteiger charge is -2.40. The van der Waals surface area contributed by atoms with Crippen LogP contribution in [-0.2, 0) is 20.6 Å². The van der Waals surface area contributed by atoms with Gasteiger partial charge in [-0.25, -0.2) is 0 Å². The maximum absolute atomic E-state index is 6.33. The summed E-state index contributed by atoms with van der Waals surface area (Å²) in [7, 11) is 0. The van der Waals surface area contributed by atoms with E-state index in [1.54, 1.807) is 6.08 Å². The highest BCUT2D eigenvalue weighted by Crippen LogP contribution is 2.60. The van der Waals surface area contributed by atoms with Gasteiger partial charge in [0.2, 0.25) is 0 Å². The maximum atomic E-state index is 6.33. The smallest absolute Gasteiger partial charge is 0.101 e. The van der Waals surface area contributed by atoms with Crippen molar-refractivity contribution in [1.82, 2.24) is 0 Å². The van der Waals surface area contributed by atoms with Crippen molar-refractivity contribution in [2.75, 3.05) is 26.4 Å². The van der Waals surface area contributed by atoms with Crippen LogP contribution in [0.15, 0.2) is 86.6 Å². The van der Waals surface area contributed by atoms with Crippen molar-refractivity contribution < 1.29 is 14.2 Å². The van der Waals surface area contributed by atoms with Gasteiger partial charge in [-0.2, -0.15) is 0 Å². The molecule has 1 aliphatic heterocycles. The lowest BCUT2D eigenvalue weighted by Crippen LogP contribution is -2.43. The van der Waals surface area contributed by atoms with E-state index in [0.29, 0.717) is 43.0 Å². The molecule has 208 valence electrons. The molecule has 0 radical (unpaired) electrons. The molecular weight excluding hydrogens is 508 g/mol. The van der Waals surface area contributed by atoms with Crippen LogP contribution in [-0.4, -0.2) is 43.9 Å². The summed E-state index contributed by atoms with van der Waals surface area (Å²) in [5.41, 5.74) is 1.83. The Balaban J connectivity index is 0.000000934. The molecule has 5 heteroatoms. The van der Waals surface area contributed by atoms with Crippen molar-refractivity contribution in [2.24, 2.45) is 11.3 Å². The molecule has 0 amide bonds. The molecular formula is C33H46O3S2. The highest BCUT2D eigenvalue weighted by molar-refractivity contribution is 8.00. The monoisotopic (exact) mass is 554 g/mol. The van der Waals surface area contributed by atoms with Crippen LogP contribution in [0, 0.1) is 11.3 Å². The van der Waals surface area contributed by atoms with E-state index < -0.39 is 0 Å². The van der Waals surface area contributed by atoms with Crippen LogP contribution in [0.2, 0.25) is 0 Å². The van der Waals surface area contributed by atoms with Gasteiger partial charge in [-0.1, -0.05) is 62.0 Å². The highest BCUT2D eigenvalue weighted by atomic mass is 32.2. The Morgan fingerprint density at radius 2 is 1.74 bits per heavy atom. The van der Waals surface area contributed by atoms with Gasteiger partial charge in [-0.3, -0.25) is 0 Å². The third kappa shape index (κ3) is 8.43. The first kappa shape index (κ1) is 30.9. The van der Waals surface area contributed by atoms with E-state index in [-0.39, 0.29) is 17.5 Å². The van der Waals surface area contributed by atoms with Crippen molar-refractivity contribution in [1.29, 1.82) is 0 Å². The summed E-state index contributed by atoms with van der Waals surface area (Å²) in [6.45, 7) is 21.6. The SMILES string of the molecule is C=CCC.C=CCOC[C@@H]1C[C@H](OCC=C)[C@@H](OCC=C)C(c2ccc(CC34C=CC(CC)=CC3C4)s2)S1. The number of rotatable bonds is 15. The summed E-state index contributed by atoms with van der Waals surface area (Å²) in [6.07, 6.45) is 20.1. The molecule has 2 fully saturated rings. The average molecular weight is 555 g/mol. The lowest BCUT2D eigenvalue weighted by molar-refractivity contribution is -0.0681. The molecule has 0 aromatic carbocycles. The Hall–Kier alpha value is -1.63. The second kappa shape index (κ2) is 15.8. The second-order valence-corrected chi connectivity index (χ2v) is 12.8. The van der Waals surface area contributed by atoms with Crippen molar-refractivity contribution in [3.63, 3.8) is 0 Å². The zero-order valence-corrected chi connectivity index (χ0v) is 24.9. The zero-order chi connectivity index (χ0) is 27.4. The first-order valence-electron chi connectivity index (χ1n) is 13.9. The summed E-state index contributed by atoms with van der Waals surface area (Å²) >= 11 is 3.91. The molecule has 4 rings (SSSR count). The Morgan fingerprint density at radius 3 is 2.39 bits per heavy atom. The molecule has 38 heavy (non-hydrogen) atoms. The Kier molecular flexibility index (Phi) is 12.9. The van der Waals surface area contributed by atoms with Gasteiger partial charge in [-0.05, 0) is 50.2 Å². The fourth-order valence-electron chi connectivity index (χ4n) is 5.09. The quantitative estimate of drug-likeness (QED) is 0.160. The van der Waals surface area contributed by atoms with Crippen LogP contribution in [0.3, 0.4) is 0 Å². The Labute approximate surface area is 239 Å². The number of ether oxygens (including phenoxy) is 3. The minimum absolute atomic E-state index is 0.00244. The van der Waals surface area contributed by atoms with Crippen LogP contribution in [0.4, 0.5) is 0 Å². The predicted molar refractivity (Wildman–Crippen MR) is 166 cm³/mol.